The maximum absolute atomic E-state index is 12.2. The second-order valence-corrected chi connectivity index (χ2v) is 5.32. The van der Waals surface area contributed by atoms with Gasteiger partial charge in [-0.25, -0.2) is 0 Å². The van der Waals surface area contributed by atoms with E-state index in [1.165, 1.54) is 15.1 Å². The standard InChI is InChI=1S/C8H6Br2F3N/c9-14(10)5-6-1-3-7(4-2-6)8(11,12)13/h1-4H,5H2. The van der Waals surface area contributed by atoms with Crippen molar-refractivity contribution in [1.82, 2.24) is 2.95 Å². The van der Waals surface area contributed by atoms with Gasteiger partial charge in [0.15, 0.2) is 0 Å². The first-order chi connectivity index (χ1) is 6.39. The number of benzene rings is 1. The van der Waals surface area contributed by atoms with E-state index in [0.29, 0.717) is 6.54 Å². The Hall–Kier alpha value is -0.0700. The predicted molar refractivity (Wildman–Crippen MR) is 54.8 cm³/mol. The Bertz CT molecular complexity index is 294. The van der Waals surface area contributed by atoms with E-state index >= 15 is 0 Å². The summed E-state index contributed by atoms with van der Waals surface area (Å²) in [6, 6.07) is 5.02. The van der Waals surface area contributed by atoms with Gasteiger partial charge in [0, 0.05) is 38.8 Å². The molecule has 0 spiro atoms. The summed E-state index contributed by atoms with van der Waals surface area (Å²) >= 11 is 6.19. The van der Waals surface area contributed by atoms with Crippen LogP contribution in [-0.4, -0.2) is 2.95 Å². The largest absolute Gasteiger partial charge is 0.416 e. The molecule has 0 saturated heterocycles. The number of halogens is 5. The molecular weight excluding hydrogens is 327 g/mol. The highest BCUT2D eigenvalue weighted by molar-refractivity contribution is 9.21. The summed E-state index contributed by atoms with van der Waals surface area (Å²) in [7, 11) is 0. The zero-order valence-electron chi connectivity index (χ0n) is 6.85. The van der Waals surface area contributed by atoms with Gasteiger partial charge in [-0.05, 0) is 17.7 Å². The molecule has 78 valence electrons. The van der Waals surface area contributed by atoms with E-state index in [1.54, 1.807) is 0 Å². The van der Waals surface area contributed by atoms with Gasteiger partial charge in [-0.2, -0.15) is 16.1 Å². The Labute approximate surface area is 96.6 Å². The van der Waals surface area contributed by atoms with Crippen LogP contribution in [-0.2, 0) is 12.7 Å². The van der Waals surface area contributed by atoms with E-state index in [2.05, 4.69) is 32.3 Å². The summed E-state index contributed by atoms with van der Waals surface area (Å²) in [5.74, 6) is 0. The SMILES string of the molecule is FC(F)(F)c1ccc(CN(Br)Br)cc1. The lowest BCUT2D eigenvalue weighted by Gasteiger charge is -2.08. The van der Waals surface area contributed by atoms with Crippen LogP contribution in [0.4, 0.5) is 13.2 Å². The third-order valence-electron chi connectivity index (χ3n) is 1.58. The number of nitrogens with zero attached hydrogens (tertiary/aromatic N) is 1. The molecule has 0 aliphatic rings. The van der Waals surface area contributed by atoms with Gasteiger partial charge < -0.3 is 0 Å². The van der Waals surface area contributed by atoms with Crippen molar-refractivity contribution in [2.75, 3.05) is 0 Å². The van der Waals surface area contributed by atoms with Crippen LogP contribution in [0.3, 0.4) is 0 Å². The number of alkyl halides is 3. The van der Waals surface area contributed by atoms with Gasteiger partial charge in [0.2, 0.25) is 0 Å². The van der Waals surface area contributed by atoms with Gasteiger partial charge >= 0.3 is 6.18 Å². The Kier molecular flexibility index (Phi) is 3.97. The summed E-state index contributed by atoms with van der Waals surface area (Å²) in [5.41, 5.74) is 0.156. The molecule has 0 heterocycles. The van der Waals surface area contributed by atoms with Gasteiger partial charge in [0.25, 0.3) is 0 Å². The molecule has 0 atom stereocenters. The van der Waals surface area contributed by atoms with Crippen LogP contribution in [0.1, 0.15) is 11.1 Å². The fourth-order valence-electron chi connectivity index (χ4n) is 0.937. The Morgan fingerprint density at radius 1 is 1.07 bits per heavy atom. The van der Waals surface area contributed by atoms with Gasteiger partial charge in [-0.3, -0.25) is 0 Å². The maximum atomic E-state index is 12.2. The molecule has 1 aromatic carbocycles. The zero-order valence-corrected chi connectivity index (χ0v) is 10.0. The molecule has 0 amide bonds. The minimum atomic E-state index is -4.26. The fourth-order valence-corrected chi connectivity index (χ4v) is 1.52. The molecule has 6 heteroatoms. The molecule has 14 heavy (non-hydrogen) atoms. The van der Waals surface area contributed by atoms with Crippen LogP contribution in [0.5, 0.6) is 0 Å². The molecule has 0 radical (unpaired) electrons. The number of rotatable bonds is 2. The van der Waals surface area contributed by atoms with Gasteiger partial charge in [0.05, 0.1) is 5.56 Å². The van der Waals surface area contributed by atoms with Crippen LogP contribution < -0.4 is 0 Å². The monoisotopic (exact) mass is 331 g/mol. The molecule has 0 aliphatic heterocycles. The topological polar surface area (TPSA) is 3.24 Å². The highest BCUT2D eigenvalue weighted by Crippen LogP contribution is 2.29. The average molecular weight is 333 g/mol. The van der Waals surface area contributed by atoms with Crippen molar-refractivity contribution in [3.63, 3.8) is 0 Å². The molecule has 1 aromatic rings. The van der Waals surface area contributed by atoms with E-state index in [9.17, 15) is 13.2 Å². The Morgan fingerprint density at radius 3 is 1.93 bits per heavy atom. The van der Waals surface area contributed by atoms with Crippen LogP contribution >= 0.6 is 32.3 Å². The quantitative estimate of drug-likeness (QED) is 0.736. The van der Waals surface area contributed by atoms with Crippen LogP contribution in [0.15, 0.2) is 24.3 Å². The van der Waals surface area contributed by atoms with Crippen LogP contribution in [0, 0.1) is 0 Å². The van der Waals surface area contributed by atoms with Gasteiger partial charge in [0.1, 0.15) is 0 Å². The Morgan fingerprint density at radius 2 is 1.57 bits per heavy atom. The van der Waals surface area contributed by atoms with Gasteiger partial charge in [-0.1, -0.05) is 12.1 Å². The average Bonchev–Trinajstić information content (AvgIpc) is 2.02. The summed E-state index contributed by atoms with van der Waals surface area (Å²) in [6.07, 6.45) is -4.26. The first-order valence-corrected chi connectivity index (χ1v) is 5.06. The summed E-state index contributed by atoms with van der Waals surface area (Å²) < 4.78 is 38.0. The lowest BCUT2D eigenvalue weighted by molar-refractivity contribution is -0.137. The lowest BCUT2D eigenvalue weighted by atomic mass is 10.1. The minimum absolute atomic E-state index is 0.484. The summed E-state index contributed by atoms with van der Waals surface area (Å²) in [4.78, 5) is 0. The molecular formula is C8H6Br2F3N. The maximum Gasteiger partial charge on any atom is 0.416 e. The molecule has 1 rings (SSSR count). The summed E-state index contributed by atoms with van der Waals surface area (Å²) in [6.45, 7) is 0.484. The van der Waals surface area contributed by atoms with Crippen LogP contribution in [0.2, 0.25) is 0 Å². The molecule has 0 bridgehead atoms. The van der Waals surface area contributed by atoms with Crippen LogP contribution in [0.25, 0.3) is 0 Å². The molecule has 0 fully saturated rings. The number of hydrogen-bond acceptors (Lipinski definition) is 1. The van der Waals surface area contributed by atoms with Crippen molar-refractivity contribution in [2.45, 2.75) is 12.7 Å². The number of hydrogen-bond donors (Lipinski definition) is 0. The third-order valence-corrected chi connectivity index (χ3v) is 2.08. The molecule has 0 unspecified atom stereocenters. The molecule has 1 nitrogen and oxygen atoms in total. The van der Waals surface area contributed by atoms with Gasteiger partial charge in [-0.15, -0.1) is 0 Å². The second kappa shape index (κ2) is 4.63. The first kappa shape index (κ1) is 12.0. The van der Waals surface area contributed by atoms with Crippen molar-refractivity contribution in [3.05, 3.63) is 35.4 Å². The van der Waals surface area contributed by atoms with E-state index in [1.807, 2.05) is 0 Å². The molecule has 0 saturated carbocycles. The van der Waals surface area contributed by atoms with E-state index in [4.69, 9.17) is 0 Å². The van der Waals surface area contributed by atoms with Crippen molar-refractivity contribution in [1.29, 1.82) is 0 Å². The lowest BCUT2D eigenvalue weighted by Crippen LogP contribution is -2.05. The first-order valence-electron chi connectivity index (χ1n) is 3.65. The molecule has 0 aliphatic carbocycles. The summed E-state index contributed by atoms with van der Waals surface area (Å²) in [5, 5.41) is 0. The highest BCUT2D eigenvalue weighted by atomic mass is 79.9. The normalized spacial score (nSPS) is 12.1. The van der Waals surface area contributed by atoms with Crippen molar-refractivity contribution < 1.29 is 13.2 Å². The fraction of sp³-hybridized carbons (Fsp3) is 0.250. The second-order valence-electron chi connectivity index (χ2n) is 2.66. The van der Waals surface area contributed by atoms with Crippen molar-refractivity contribution >= 4 is 32.3 Å². The van der Waals surface area contributed by atoms with Crippen molar-refractivity contribution in [3.8, 4) is 0 Å². The van der Waals surface area contributed by atoms with E-state index in [0.717, 1.165) is 17.7 Å². The highest BCUT2D eigenvalue weighted by Gasteiger charge is 2.29. The smallest absolute Gasteiger partial charge is 0.173 e. The van der Waals surface area contributed by atoms with Crippen molar-refractivity contribution in [2.24, 2.45) is 0 Å². The molecule has 0 aromatic heterocycles. The zero-order chi connectivity index (χ0) is 10.8. The predicted octanol–water partition coefficient (Wildman–Crippen LogP) is 4.13. The minimum Gasteiger partial charge on any atom is -0.173 e. The third kappa shape index (κ3) is 3.59. The van der Waals surface area contributed by atoms with E-state index in [-0.39, 0.29) is 0 Å². The molecule has 0 N–H and O–H groups in total. The van der Waals surface area contributed by atoms with E-state index < -0.39 is 11.7 Å². The Balaban J connectivity index is 2.79.